The molecule has 0 amide bonds. The predicted octanol–water partition coefficient (Wildman–Crippen LogP) is 11.0. The van der Waals surface area contributed by atoms with Gasteiger partial charge in [0.15, 0.2) is 0 Å². The Kier molecular flexibility index (Phi) is 6.97. The first kappa shape index (κ1) is 31.8. The molecule has 0 radical (unpaired) electrons. The molecule has 2 aromatic heterocycles. The number of aryl methyl sites for hydroxylation is 2. The Bertz CT molecular complexity index is 2300. The minimum atomic E-state index is -0.216. The summed E-state index contributed by atoms with van der Waals surface area (Å²) in [4.78, 5) is 4.87. The van der Waals surface area contributed by atoms with Crippen LogP contribution in [0.15, 0.2) is 112 Å². The van der Waals surface area contributed by atoms with Gasteiger partial charge in [-0.3, -0.25) is 0 Å². The summed E-state index contributed by atoms with van der Waals surface area (Å²) < 4.78 is 14.1. The lowest BCUT2D eigenvalue weighted by Gasteiger charge is -2.40. The summed E-state index contributed by atoms with van der Waals surface area (Å²) in [5, 5.41) is 2.26. The monoisotopic (exact) mass is 668 g/mol. The van der Waals surface area contributed by atoms with Gasteiger partial charge in [-0.1, -0.05) is 97.9 Å². The Labute approximate surface area is 301 Å². The summed E-state index contributed by atoms with van der Waals surface area (Å²) in [6.07, 6.45) is 1.91. The van der Waals surface area contributed by atoms with Crippen molar-refractivity contribution < 1.29 is 8.83 Å². The van der Waals surface area contributed by atoms with Gasteiger partial charge < -0.3 is 18.6 Å². The van der Waals surface area contributed by atoms with E-state index >= 15 is 0 Å². The van der Waals surface area contributed by atoms with Crippen molar-refractivity contribution in [3.05, 3.63) is 125 Å². The molecule has 5 aromatic carbocycles. The van der Waals surface area contributed by atoms with E-state index in [1.807, 2.05) is 0 Å². The van der Waals surface area contributed by atoms with E-state index in [-0.39, 0.29) is 17.5 Å². The van der Waals surface area contributed by atoms with E-state index in [2.05, 4.69) is 168 Å². The Morgan fingerprint density at radius 2 is 0.941 bits per heavy atom. The van der Waals surface area contributed by atoms with E-state index in [0.717, 1.165) is 80.2 Å². The molecule has 0 spiro atoms. The van der Waals surface area contributed by atoms with Crippen molar-refractivity contribution in [2.75, 3.05) is 9.80 Å². The van der Waals surface area contributed by atoms with Crippen LogP contribution < -0.4 is 26.6 Å². The van der Waals surface area contributed by atoms with Gasteiger partial charge in [-0.05, 0) is 112 Å². The number of hydrogen-bond donors (Lipinski definition) is 0. The fourth-order valence-electron chi connectivity index (χ4n) is 8.20. The Morgan fingerprint density at radius 1 is 0.529 bits per heavy atom. The highest BCUT2D eigenvalue weighted by molar-refractivity contribution is 6.99. The average molecular weight is 669 g/mol. The first-order valence-corrected chi connectivity index (χ1v) is 18.5. The molecule has 51 heavy (non-hydrogen) atoms. The van der Waals surface area contributed by atoms with Crippen molar-refractivity contribution in [1.29, 1.82) is 0 Å². The Morgan fingerprint density at radius 3 is 1.31 bits per heavy atom. The maximum Gasteiger partial charge on any atom is 0.342 e. The zero-order valence-corrected chi connectivity index (χ0v) is 31.0. The number of anilines is 6. The van der Waals surface area contributed by atoms with Crippen molar-refractivity contribution in [2.24, 2.45) is 0 Å². The van der Waals surface area contributed by atoms with E-state index in [1.165, 1.54) is 27.7 Å². The molecule has 0 saturated heterocycles. The van der Waals surface area contributed by atoms with Crippen LogP contribution in [0.4, 0.5) is 34.1 Å². The highest BCUT2D eigenvalue weighted by Gasteiger charge is 2.49. The Hall–Kier alpha value is -5.16. The molecular formula is C46H45BN2O2. The minimum Gasteiger partial charge on any atom is -0.468 e. The van der Waals surface area contributed by atoms with E-state index in [0.29, 0.717) is 0 Å². The first-order chi connectivity index (χ1) is 24.5. The molecule has 2 aliphatic heterocycles. The van der Waals surface area contributed by atoms with Crippen molar-refractivity contribution in [1.82, 2.24) is 0 Å². The lowest BCUT2D eigenvalue weighted by molar-refractivity contribution is 0.590. The predicted molar refractivity (Wildman–Crippen MR) is 216 cm³/mol. The summed E-state index contributed by atoms with van der Waals surface area (Å²) in [5.74, 6) is 0. The third-order valence-corrected chi connectivity index (χ3v) is 11.1. The van der Waals surface area contributed by atoms with Crippen molar-refractivity contribution in [3.63, 3.8) is 0 Å². The lowest BCUT2D eigenvalue weighted by Crippen LogP contribution is -2.60. The molecule has 0 fully saturated rings. The third kappa shape index (κ3) is 4.81. The maximum atomic E-state index is 7.04. The smallest absolute Gasteiger partial charge is 0.342 e. The number of benzene rings is 5. The number of hydrogen-bond acceptors (Lipinski definition) is 4. The molecule has 4 nitrogen and oxygen atoms in total. The summed E-state index contributed by atoms with van der Waals surface area (Å²) in [5.41, 5.74) is 16.9. The fourth-order valence-corrected chi connectivity index (χ4v) is 8.20. The standard InChI is InChI=1S/C46H45BN2O2/c1-9-28-14-24-38-34(26-28)41-43(50-38)47-40-36(48(41)32-20-16-30(17-21-32)45(3,4)5)12-11-13-37(40)49(33-22-18-31(19-23-33)46(6,7)8)42-35-27-29(10-2)15-25-39(35)51-44(42)47/h11-27H,9-10H2,1-8H3. The van der Waals surface area contributed by atoms with Gasteiger partial charge in [0.1, 0.15) is 22.5 Å². The minimum absolute atomic E-state index is 0.0549. The average Bonchev–Trinajstić information content (AvgIpc) is 3.69. The van der Waals surface area contributed by atoms with Crippen LogP contribution >= 0.6 is 0 Å². The fraction of sp³-hybridized carbons (Fsp3) is 0.261. The number of furan rings is 2. The van der Waals surface area contributed by atoms with Crippen molar-refractivity contribution >= 4 is 79.6 Å². The summed E-state index contributed by atoms with van der Waals surface area (Å²) in [6, 6.07) is 38.3. The van der Waals surface area contributed by atoms with Crippen LogP contribution in [0.5, 0.6) is 0 Å². The van der Waals surface area contributed by atoms with Crippen LogP contribution in [-0.2, 0) is 23.7 Å². The molecule has 0 bridgehead atoms. The van der Waals surface area contributed by atoms with E-state index < -0.39 is 0 Å². The molecule has 5 heteroatoms. The molecule has 0 atom stereocenters. The number of rotatable bonds is 4. The van der Waals surface area contributed by atoms with Gasteiger partial charge in [-0.15, -0.1) is 0 Å². The molecule has 7 aromatic rings. The topological polar surface area (TPSA) is 32.8 Å². The molecule has 0 aliphatic carbocycles. The van der Waals surface area contributed by atoms with Crippen LogP contribution in [0, 0.1) is 0 Å². The van der Waals surface area contributed by atoms with Crippen LogP contribution in [0.3, 0.4) is 0 Å². The normalized spacial score (nSPS) is 13.9. The third-order valence-electron chi connectivity index (χ3n) is 11.1. The molecular weight excluding hydrogens is 623 g/mol. The van der Waals surface area contributed by atoms with Gasteiger partial charge in [-0.25, -0.2) is 0 Å². The molecule has 2 aliphatic rings. The maximum absolute atomic E-state index is 7.04. The quantitative estimate of drug-likeness (QED) is 0.175. The van der Waals surface area contributed by atoms with Crippen LogP contribution in [-0.4, -0.2) is 6.71 Å². The second-order valence-corrected chi connectivity index (χ2v) is 16.4. The highest BCUT2D eigenvalue weighted by atomic mass is 16.3. The molecule has 0 saturated carbocycles. The largest absolute Gasteiger partial charge is 0.468 e. The molecule has 0 N–H and O–H groups in total. The molecule has 4 heterocycles. The molecule has 0 unspecified atom stereocenters. The lowest BCUT2D eigenvalue weighted by atomic mass is 9.37. The van der Waals surface area contributed by atoms with Crippen LogP contribution in [0.1, 0.15) is 77.6 Å². The Balaban J connectivity index is 1.37. The summed E-state index contributed by atoms with van der Waals surface area (Å²) in [6.45, 7) is 17.8. The van der Waals surface area contributed by atoms with E-state index in [4.69, 9.17) is 8.83 Å². The first-order valence-electron chi connectivity index (χ1n) is 18.5. The second-order valence-electron chi connectivity index (χ2n) is 16.4. The highest BCUT2D eigenvalue weighted by Crippen LogP contribution is 2.49. The van der Waals surface area contributed by atoms with E-state index in [1.54, 1.807) is 0 Å². The van der Waals surface area contributed by atoms with Gasteiger partial charge in [0.05, 0.1) is 11.4 Å². The summed E-state index contributed by atoms with van der Waals surface area (Å²) >= 11 is 0. The van der Waals surface area contributed by atoms with E-state index in [9.17, 15) is 0 Å². The zero-order valence-electron chi connectivity index (χ0n) is 31.0. The molecule has 254 valence electrons. The summed E-state index contributed by atoms with van der Waals surface area (Å²) in [7, 11) is 0. The molecule has 9 rings (SSSR count). The van der Waals surface area contributed by atoms with Gasteiger partial charge in [-0.2, -0.15) is 0 Å². The SMILES string of the molecule is CCc1ccc2oc3c(c2c1)N(c1ccc(C(C)(C)C)cc1)c1cccc2c1B3c1oc3ccc(CC)cc3c1N2c1ccc(C(C)(C)C)cc1. The number of fused-ring (bicyclic) bond motifs is 8. The number of nitrogens with zero attached hydrogens (tertiary/aromatic N) is 2. The van der Waals surface area contributed by atoms with Gasteiger partial charge >= 0.3 is 6.71 Å². The van der Waals surface area contributed by atoms with Crippen LogP contribution in [0.25, 0.3) is 21.9 Å². The second kappa shape index (κ2) is 11.2. The van der Waals surface area contributed by atoms with Gasteiger partial charge in [0, 0.05) is 33.5 Å². The van der Waals surface area contributed by atoms with Gasteiger partial charge in [0.2, 0.25) is 0 Å². The van der Waals surface area contributed by atoms with Crippen molar-refractivity contribution in [3.8, 4) is 0 Å². The van der Waals surface area contributed by atoms with Gasteiger partial charge in [0.25, 0.3) is 0 Å². The zero-order chi connectivity index (χ0) is 35.4. The van der Waals surface area contributed by atoms with Crippen molar-refractivity contribution in [2.45, 2.75) is 79.1 Å². The van der Waals surface area contributed by atoms with Crippen LogP contribution in [0.2, 0.25) is 0 Å².